The van der Waals surface area contributed by atoms with E-state index in [-0.39, 0.29) is 6.61 Å². The fourth-order valence-electron chi connectivity index (χ4n) is 2.80. The minimum Gasteiger partial charge on any atom is -0.396 e. The van der Waals surface area contributed by atoms with E-state index < -0.39 is 0 Å². The molecule has 0 bridgehead atoms. The molecular formula is C15H21BrN4O. The van der Waals surface area contributed by atoms with Crippen molar-refractivity contribution < 1.29 is 5.11 Å². The third-order valence-electron chi connectivity index (χ3n) is 4.04. The van der Waals surface area contributed by atoms with Crippen molar-refractivity contribution in [3.8, 4) is 0 Å². The number of hydrogen-bond acceptors (Lipinski definition) is 4. The Morgan fingerprint density at radius 1 is 1.43 bits per heavy atom. The number of imidazole rings is 1. The van der Waals surface area contributed by atoms with Gasteiger partial charge in [-0.2, -0.15) is 0 Å². The molecule has 2 aromatic heterocycles. The van der Waals surface area contributed by atoms with Crippen LogP contribution in [0.1, 0.15) is 25.1 Å². The van der Waals surface area contributed by atoms with Crippen molar-refractivity contribution >= 4 is 27.1 Å². The summed E-state index contributed by atoms with van der Waals surface area (Å²) in [6, 6.07) is 2.80. The average Bonchev–Trinajstić information content (AvgIpc) is 3.25. The Hall–Kier alpha value is -0.980. The van der Waals surface area contributed by atoms with Crippen molar-refractivity contribution in [2.45, 2.75) is 38.8 Å². The summed E-state index contributed by atoms with van der Waals surface area (Å²) < 4.78 is 3.22. The van der Waals surface area contributed by atoms with Crippen LogP contribution in [0.4, 0.5) is 0 Å². The summed E-state index contributed by atoms with van der Waals surface area (Å²) in [5.74, 6) is 1.01. The fraction of sp³-hybridized carbons (Fsp3) is 0.600. The number of aromatic nitrogens is 3. The van der Waals surface area contributed by atoms with Gasteiger partial charge in [-0.3, -0.25) is 4.90 Å². The van der Waals surface area contributed by atoms with E-state index in [1.54, 1.807) is 6.20 Å². The second kappa shape index (κ2) is 6.42. The van der Waals surface area contributed by atoms with E-state index in [1.807, 2.05) is 6.92 Å². The molecule has 0 amide bonds. The summed E-state index contributed by atoms with van der Waals surface area (Å²) >= 11 is 3.48. The van der Waals surface area contributed by atoms with Crippen LogP contribution in [0.25, 0.3) is 11.2 Å². The van der Waals surface area contributed by atoms with Crippen molar-refractivity contribution in [2.24, 2.45) is 0 Å². The number of fused-ring (bicyclic) bond motifs is 1. The van der Waals surface area contributed by atoms with Crippen LogP contribution in [0.3, 0.4) is 0 Å². The maximum Gasteiger partial charge on any atom is 0.177 e. The standard InChI is InChI=1S/C15H21BrN4O/c1-11-18-15-14(9-12(16)10-17-15)20(11)7-6-19(5-2-8-21)13-3-4-13/h9-10,13,21H,2-8H2,1H3. The predicted molar refractivity (Wildman–Crippen MR) is 86.3 cm³/mol. The van der Waals surface area contributed by atoms with Gasteiger partial charge in [0.25, 0.3) is 0 Å². The normalized spacial score (nSPS) is 15.2. The Morgan fingerprint density at radius 3 is 2.95 bits per heavy atom. The van der Waals surface area contributed by atoms with Crippen LogP contribution in [0.2, 0.25) is 0 Å². The van der Waals surface area contributed by atoms with Crippen LogP contribution < -0.4 is 0 Å². The van der Waals surface area contributed by atoms with E-state index in [0.717, 1.165) is 53.6 Å². The number of aliphatic hydroxyl groups excluding tert-OH is 1. The van der Waals surface area contributed by atoms with E-state index >= 15 is 0 Å². The molecule has 6 heteroatoms. The molecule has 0 radical (unpaired) electrons. The van der Waals surface area contributed by atoms with Gasteiger partial charge in [-0.25, -0.2) is 9.97 Å². The van der Waals surface area contributed by atoms with Crippen LogP contribution in [-0.4, -0.2) is 50.3 Å². The molecule has 1 fully saturated rings. The number of pyridine rings is 1. The first kappa shape index (κ1) is 14.9. The second-order valence-corrected chi connectivity index (χ2v) is 6.57. The highest BCUT2D eigenvalue weighted by Gasteiger charge is 2.28. The lowest BCUT2D eigenvalue weighted by Gasteiger charge is -2.22. The molecule has 1 aliphatic carbocycles. The molecule has 0 spiro atoms. The Kier molecular flexibility index (Phi) is 4.57. The van der Waals surface area contributed by atoms with Crippen molar-refractivity contribution in [1.29, 1.82) is 0 Å². The lowest BCUT2D eigenvalue weighted by Crippen LogP contribution is -2.31. The maximum atomic E-state index is 9.03. The van der Waals surface area contributed by atoms with Gasteiger partial charge in [-0.15, -0.1) is 0 Å². The molecule has 2 aromatic rings. The Labute approximate surface area is 133 Å². The quantitative estimate of drug-likeness (QED) is 0.830. The number of aryl methyl sites for hydroxylation is 1. The van der Waals surface area contributed by atoms with Crippen LogP contribution in [0.15, 0.2) is 16.7 Å². The topological polar surface area (TPSA) is 54.2 Å². The van der Waals surface area contributed by atoms with Gasteiger partial charge >= 0.3 is 0 Å². The van der Waals surface area contributed by atoms with Crippen LogP contribution in [-0.2, 0) is 6.54 Å². The fourth-order valence-corrected chi connectivity index (χ4v) is 3.11. The van der Waals surface area contributed by atoms with Gasteiger partial charge in [-0.1, -0.05) is 0 Å². The zero-order valence-corrected chi connectivity index (χ0v) is 13.9. The van der Waals surface area contributed by atoms with E-state index in [2.05, 4.69) is 41.4 Å². The zero-order valence-electron chi connectivity index (χ0n) is 12.3. The molecule has 3 rings (SSSR count). The smallest absolute Gasteiger partial charge is 0.177 e. The van der Waals surface area contributed by atoms with Gasteiger partial charge in [0, 0.05) is 43.0 Å². The molecule has 21 heavy (non-hydrogen) atoms. The van der Waals surface area contributed by atoms with Crippen LogP contribution >= 0.6 is 15.9 Å². The first-order valence-corrected chi connectivity index (χ1v) is 8.31. The molecule has 0 saturated heterocycles. The summed E-state index contributed by atoms with van der Waals surface area (Å²) in [6.07, 6.45) is 5.23. The number of halogens is 1. The van der Waals surface area contributed by atoms with E-state index in [1.165, 1.54) is 12.8 Å². The Bertz CT molecular complexity index is 623. The van der Waals surface area contributed by atoms with E-state index in [9.17, 15) is 0 Å². The summed E-state index contributed by atoms with van der Waals surface area (Å²) in [7, 11) is 0. The van der Waals surface area contributed by atoms with Gasteiger partial charge in [0.05, 0.1) is 5.52 Å². The summed E-state index contributed by atoms with van der Waals surface area (Å²) in [6.45, 7) is 5.21. The minimum absolute atomic E-state index is 0.271. The average molecular weight is 353 g/mol. The van der Waals surface area contributed by atoms with E-state index in [0.29, 0.717) is 0 Å². The van der Waals surface area contributed by atoms with Crippen LogP contribution in [0.5, 0.6) is 0 Å². The molecule has 2 heterocycles. The molecule has 114 valence electrons. The molecule has 0 aromatic carbocycles. The van der Waals surface area contributed by atoms with E-state index in [4.69, 9.17) is 5.11 Å². The van der Waals surface area contributed by atoms with Gasteiger partial charge in [0.2, 0.25) is 0 Å². The van der Waals surface area contributed by atoms with Gasteiger partial charge < -0.3 is 9.67 Å². The van der Waals surface area contributed by atoms with Crippen molar-refractivity contribution in [2.75, 3.05) is 19.7 Å². The molecule has 0 atom stereocenters. The van der Waals surface area contributed by atoms with Crippen molar-refractivity contribution in [1.82, 2.24) is 19.4 Å². The minimum atomic E-state index is 0.271. The van der Waals surface area contributed by atoms with Crippen LogP contribution in [0, 0.1) is 6.92 Å². The number of aliphatic hydroxyl groups is 1. The van der Waals surface area contributed by atoms with Crippen molar-refractivity contribution in [3.05, 3.63) is 22.6 Å². The molecule has 1 aliphatic rings. The SMILES string of the molecule is Cc1nc2ncc(Br)cc2n1CCN(CCCO)C1CC1. The molecular weight excluding hydrogens is 332 g/mol. The zero-order chi connectivity index (χ0) is 14.8. The number of rotatable bonds is 7. The van der Waals surface area contributed by atoms with Gasteiger partial charge in [-0.05, 0) is 48.2 Å². The first-order valence-electron chi connectivity index (χ1n) is 7.52. The molecule has 1 saturated carbocycles. The maximum absolute atomic E-state index is 9.03. The summed E-state index contributed by atoms with van der Waals surface area (Å²) in [5.41, 5.74) is 1.89. The monoisotopic (exact) mass is 352 g/mol. The Balaban J connectivity index is 1.74. The second-order valence-electron chi connectivity index (χ2n) is 5.65. The largest absolute Gasteiger partial charge is 0.396 e. The third kappa shape index (κ3) is 3.44. The molecule has 0 unspecified atom stereocenters. The lowest BCUT2D eigenvalue weighted by molar-refractivity contribution is 0.212. The highest BCUT2D eigenvalue weighted by Crippen LogP contribution is 2.27. The summed E-state index contributed by atoms with van der Waals surface area (Å²) in [5, 5.41) is 9.03. The number of hydrogen-bond donors (Lipinski definition) is 1. The van der Waals surface area contributed by atoms with Crippen molar-refractivity contribution in [3.63, 3.8) is 0 Å². The molecule has 0 aliphatic heterocycles. The highest BCUT2D eigenvalue weighted by atomic mass is 79.9. The Morgan fingerprint density at radius 2 is 2.24 bits per heavy atom. The number of nitrogens with zero attached hydrogens (tertiary/aromatic N) is 4. The lowest BCUT2D eigenvalue weighted by atomic mass is 10.3. The highest BCUT2D eigenvalue weighted by molar-refractivity contribution is 9.10. The first-order chi connectivity index (χ1) is 10.2. The molecule has 1 N–H and O–H groups in total. The predicted octanol–water partition coefficient (Wildman–Crippen LogP) is 2.35. The van der Waals surface area contributed by atoms with Gasteiger partial charge in [0.1, 0.15) is 5.82 Å². The van der Waals surface area contributed by atoms with Gasteiger partial charge in [0.15, 0.2) is 5.65 Å². The summed E-state index contributed by atoms with van der Waals surface area (Å²) in [4.78, 5) is 11.4. The third-order valence-corrected chi connectivity index (χ3v) is 4.47. The molecule has 5 nitrogen and oxygen atoms in total.